The third-order valence-electron chi connectivity index (χ3n) is 4.22. The Bertz CT molecular complexity index is 417. The fraction of sp³-hybridized carbons (Fsp3) is 0.600. The first-order valence-corrected chi connectivity index (χ1v) is 7.58. The number of benzene rings is 1. The molecular weight excluding hydrogens is 258 g/mol. The number of halogens is 1. The maximum absolute atomic E-state index is 6.24. The first-order valence-electron chi connectivity index (χ1n) is 7.20. The number of nitrogen functional groups attached to an aromatic ring is 1. The molecule has 1 aliphatic carbocycles. The summed E-state index contributed by atoms with van der Waals surface area (Å²) in [5.41, 5.74) is 7.91. The van der Waals surface area contributed by atoms with Crippen LogP contribution >= 0.6 is 11.6 Å². The molecule has 1 heterocycles. The summed E-state index contributed by atoms with van der Waals surface area (Å²) >= 11 is 6.24. The van der Waals surface area contributed by atoms with Crippen LogP contribution in [-0.2, 0) is 6.54 Å². The van der Waals surface area contributed by atoms with Gasteiger partial charge in [-0.1, -0.05) is 17.7 Å². The molecule has 4 heteroatoms. The van der Waals surface area contributed by atoms with Gasteiger partial charge in [-0.25, -0.2) is 0 Å². The van der Waals surface area contributed by atoms with E-state index in [0.717, 1.165) is 41.8 Å². The average molecular weight is 280 g/mol. The van der Waals surface area contributed by atoms with Crippen molar-refractivity contribution in [1.82, 2.24) is 9.80 Å². The first kappa shape index (κ1) is 13.2. The molecular formula is C15H22ClN3. The van der Waals surface area contributed by atoms with E-state index in [9.17, 15) is 0 Å². The van der Waals surface area contributed by atoms with Crippen molar-refractivity contribution in [2.24, 2.45) is 5.92 Å². The number of nitrogens with two attached hydrogens (primary N) is 1. The van der Waals surface area contributed by atoms with Crippen molar-refractivity contribution < 1.29 is 0 Å². The second-order valence-corrected chi connectivity index (χ2v) is 6.23. The topological polar surface area (TPSA) is 32.5 Å². The van der Waals surface area contributed by atoms with E-state index in [1.165, 1.54) is 32.5 Å². The van der Waals surface area contributed by atoms with Crippen LogP contribution in [0.4, 0.5) is 5.69 Å². The predicted molar refractivity (Wildman–Crippen MR) is 80.3 cm³/mol. The molecule has 0 spiro atoms. The van der Waals surface area contributed by atoms with Crippen molar-refractivity contribution in [1.29, 1.82) is 0 Å². The lowest BCUT2D eigenvalue weighted by molar-refractivity contribution is 0.123. The van der Waals surface area contributed by atoms with E-state index in [4.69, 9.17) is 17.3 Å². The quantitative estimate of drug-likeness (QED) is 0.860. The van der Waals surface area contributed by atoms with Crippen LogP contribution < -0.4 is 5.73 Å². The Kier molecular flexibility index (Phi) is 3.96. The molecule has 0 atom stereocenters. The maximum Gasteiger partial charge on any atom is 0.0471 e. The van der Waals surface area contributed by atoms with Gasteiger partial charge in [0.15, 0.2) is 0 Å². The molecule has 2 fully saturated rings. The summed E-state index contributed by atoms with van der Waals surface area (Å²) in [6.45, 7) is 6.79. The molecule has 1 aromatic rings. The van der Waals surface area contributed by atoms with E-state index in [1.54, 1.807) is 0 Å². The van der Waals surface area contributed by atoms with E-state index in [-0.39, 0.29) is 0 Å². The zero-order valence-electron chi connectivity index (χ0n) is 11.3. The highest BCUT2D eigenvalue weighted by Crippen LogP contribution is 2.30. The standard InChI is InChI=1S/C15H22ClN3/c16-14-2-1-3-15(17)13(14)11-19-8-6-18(7-9-19)10-12-4-5-12/h1-3,12H,4-11,17H2. The summed E-state index contributed by atoms with van der Waals surface area (Å²) in [4.78, 5) is 5.06. The highest BCUT2D eigenvalue weighted by molar-refractivity contribution is 6.31. The van der Waals surface area contributed by atoms with Crippen LogP contribution in [0.5, 0.6) is 0 Å². The minimum atomic E-state index is 0.792. The molecule has 1 aliphatic heterocycles. The molecule has 104 valence electrons. The summed E-state index contributed by atoms with van der Waals surface area (Å²) in [7, 11) is 0. The zero-order chi connectivity index (χ0) is 13.2. The minimum absolute atomic E-state index is 0.792. The van der Waals surface area contributed by atoms with E-state index in [2.05, 4.69) is 9.80 Å². The van der Waals surface area contributed by atoms with Gasteiger partial charge in [0.2, 0.25) is 0 Å². The van der Waals surface area contributed by atoms with Gasteiger partial charge in [0, 0.05) is 55.5 Å². The van der Waals surface area contributed by atoms with Crippen LogP contribution in [0.3, 0.4) is 0 Å². The number of rotatable bonds is 4. The normalized spacial score (nSPS) is 21.7. The van der Waals surface area contributed by atoms with Crippen molar-refractivity contribution in [2.75, 3.05) is 38.5 Å². The van der Waals surface area contributed by atoms with Gasteiger partial charge in [-0.15, -0.1) is 0 Å². The number of nitrogens with zero attached hydrogens (tertiary/aromatic N) is 2. The van der Waals surface area contributed by atoms with E-state index >= 15 is 0 Å². The van der Waals surface area contributed by atoms with Crippen LogP contribution in [0, 0.1) is 5.92 Å². The highest BCUT2D eigenvalue weighted by Gasteiger charge is 2.26. The van der Waals surface area contributed by atoms with Crippen molar-refractivity contribution in [2.45, 2.75) is 19.4 Å². The van der Waals surface area contributed by atoms with Crippen LogP contribution in [-0.4, -0.2) is 42.5 Å². The van der Waals surface area contributed by atoms with Gasteiger partial charge < -0.3 is 10.6 Å². The van der Waals surface area contributed by atoms with Crippen LogP contribution in [0.1, 0.15) is 18.4 Å². The Morgan fingerprint density at radius 1 is 1.11 bits per heavy atom. The fourth-order valence-electron chi connectivity index (χ4n) is 2.76. The lowest BCUT2D eigenvalue weighted by atomic mass is 10.1. The maximum atomic E-state index is 6.24. The third kappa shape index (κ3) is 3.41. The summed E-state index contributed by atoms with van der Waals surface area (Å²) in [5, 5.41) is 0.792. The number of hydrogen-bond donors (Lipinski definition) is 1. The van der Waals surface area contributed by atoms with Crippen molar-refractivity contribution in [3.8, 4) is 0 Å². The molecule has 1 aromatic carbocycles. The highest BCUT2D eigenvalue weighted by atomic mass is 35.5. The van der Waals surface area contributed by atoms with Gasteiger partial charge in [-0.05, 0) is 30.9 Å². The Hall–Kier alpha value is -0.770. The van der Waals surface area contributed by atoms with Crippen molar-refractivity contribution in [3.05, 3.63) is 28.8 Å². The van der Waals surface area contributed by atoms with Gasteiger partial charge in [-0.2, -0.15) is 0 Å². The number of hydrogen-bond acceptors (Lipinski definition) is 3. The van der Waals surface area contributed by atoms with E-state index in [0.29, 0.717) is 0 Å². The van der Waals surface area contributed by atoms with Crippen LogP contribution in [0.2, 0.25) is 5.02 Å². The smallest absolute Gasteiger partial charge is 0.0471 e. The molecule has 3 nitrogen and oxygen atoms in total. The summed E-state index contributed by atoms with van der Waals surface area (Å²) < 4.78 is 0. The molecule has 0 unspecified atom stereocenters. The molecule has 2 aliphatic rings. The van der Waals surface area contributed by atoms with Gasteiger partial charge in [0.25, 0.3) is 0 Å². The predicted octanol–water partition coefficient (Wildman–Crippen LogP) is 2.45. The monoisotopic (exact) mass is 279 g/mol. The number of piperazine rings is 1. The van der Waals surface area contributed by atoms with Crippen LogP contribution in [0.15, 0.2) is 18.2 Å². The molecule has 0 bridgehead atoms. The first-order chi connectivity index (χ1) is 9.22. The second-order valence-electron chi connectivity index (χ2n) is 5.83. The fourth-order valence-corrected chi connectivity index (χ4v) is 3.00. The van der Waals surface area contributed by atoms with E-state index in [1.807, 2.05) is 18.2 Å². The SMILES string of the molecule is Nc1cccc(Cl)c1CN1CCN(CC2CC2)CC1. The molecule has 0 radical (unpaired) electrons. The minimum Gasteiger partial charge on any atom is -0.398 e. The molecule has 3 rings (SSSR count). The van der Waals surface area contributed by atoms with Gasteiger partial charge in [0.05, 0.1) is 0 Å². The largest absolute Gasteiger partial charge is 0.398 e. The van der Waals surface area contributed by atoms with Crippen molar-refractivity contribution >= 4 is 17.3 Å². The summed E-state index contributed by atoms with van der Waals surface area (Å²) in [5.74, 6) is 0.991. The van der Waals surface area contributed by atoms with Crippen molar-refractivity contribution in [3.63, 3.8) is 0 Å². The Labute approximate surface area is 120 Å². The molecule has 1 saturated carbocycles. The van der Waals surface area contributed by atoms with Gasteiger partial charge in [0.1, 0.15) is 0 Å². The lowest BCUT2D eigenvalue weighted by Gasteiger charge is -2.35. The molecule has 2 N–H and O–H groups in total. The Morgan fingerprint density at radius 2 is 1.79 bits per heavy atom. The zero-order valence-corrected chi connectivity index (χ0v) is 12.1. The Morgan fingerprint density at radius 3 is 2.42 bits per heavy atom. The average Bonchev–Trinajstić information content (AvgIpc) is 3.20. The van der Waals surface area contributed by atoms with Gasteiger partial charge in [-0.3, -0.25) is 4.90 Å². The molecule has 19 heavy (non-hydrogen) atoms. The summed E-state index contributed by atoms with van der Waals surface area (Å²) in [6.07, 6.45) is 2.88. The third-order valence-corrected chi connectivity index (χ3v) is 4.57. The number of anilines is 1. The Balaban J connectivity index is 1.53. The van der Waals surface area contributed by atoms with Crippen LogP contribution in [0.25, 0.3) is 0 Å². The molecule has 1 saturated heterocycles. The molecule has 0 aromatic heterocycles. The summed E-state index contributed by atoms with van der Waals surface area (Å²) in [6, 6.07) is 5.77. The lowest BCUT2D eigenvalue weighted by Crippen LogP contribution is -2.46. The molecule has 0 amide bonds. The van der Waals surface area contributed by atoms with Gasteiger partial charge >= 0.3 is 0 Å². The second kappa shape index (κ2) is 5.70. The van der Waals surface area contributed by atoms with E-state index < -0.39 is 0 Å².